The monoisotopic (exact) mass is 319 g/mol. The lowest BCUT2D eigenvalue weighted by Gasteiger charge is -2.16. The third kappa shape index (κ3) is 2.11. The second kappa shape index (κ2) is 5.57. The first-order chi connectivity index (χ1) is 11.7. The van der Waals surface area contributed by atoms with Crippen LogP contribution in [-0.4, -0.2) is 12.1 Å². The highest BCUT2D eigenvalue weighted by Gasteiger charge is 2.24. The fourth-order valence-electron chi connectivity index (χ4n) is 3.38. The Morgan fingerprint density at radius 1 is 1.21 bits per heavy atom. The molecule has 0 amide bonds. The van der Waals surface area contributed by atoms with Crippen LogP contribution in [0.4, 0.5) is 5.69 Å². The van der Waals surface area contributed by atoms with Crippen LogP contribution in [0.1, 0.15) is 29.7 Å². The van der Waals surface area contributed by atoms with Crippen molar-refractivity contribution < 1.29 is 9.15 Å². The fraction of sp³-hybridized carbons (Fsp3) is 0.263. The third-order valence-corrected chi connectivity index (χ3v) is 4.62. The summed E-state index contributed by atoms with van der Waals surface area (Å²) in [6.45, 7) is 0. The Labute approximate surface area is 139 Å². The Balaban J connectivity index is 1.96. The van der Waals surface area contributed by atoms with Crippen molar-refractivity contribution in [2.45, 2.75) is 25.7 Å². The van der Waals surface area contributed by atoms with Gasteiger partial charge in [-0.3, -0.25) is 0 Å². The summed E-state index contributed by atoms with van der Waals surface area (Å²) >= 11 is 0. The van der Waals surface area contributed by atoms with Crippen LogP contribution in [0.25, 0.3) is 22.4 Å². The van der Waals surface area contributed by atoms with E-state index in [4.69, 9.17) is 14.9 Å². The van der Waals surface area contributed by atoms with Crippen LogP contribution in [0.3, 0.4) is 0 Å². The zero-order chi connectivity index (χ0) is 16.7. The quantitative estimate of drug-likeness (QED) is 0.775. The van der Waals surface area contributed by atoms with Crippen LogP contribution in [-0.2, 0) is 12.8 Å². The van der Waals surface area contributed by atoms with Gasteiger partial charge in [0.25, 0.3) is 0 Å². The highest BCUT2D eigenvalue weighted by Crippen LogP contribution is 2.39. The van der Waals surface area contributed by atoms with Crippen LogP contribution in [0, 0.1) is 11.3 Å². The van der Waals surface area contributed by atoms with Gasteiger partial charge >= 0.3 is 0 Å². The van der Waals surface area contributed by atoms with Crippen molar-refractivity contribution in [3.05, 3.63) is 41.1 Å². The van der Waals surface area contributed by atoms with Gasteiger partial charge in [-0.25, -0.2) is 4.98 Å². The average molecular weight is 319 g/mol. The lowest BCUT2D eigenvalue weighted by molar-refractivity contribution is 0.415. The molecule has 2 heterocycles. The summed E-state index contributed by atoms with van der Waals surface area (Å²) in [6.07, 6.45) is 4.05. The van der Waals surface area contributed by atoms with Crippen molar-refractivity contribution >= 4 is 16.8 Å². The number of fused-ring (bicyclic) bond motifs is 2. The van der Waals surface area contributed by atoms with Crippen molar-refractivity contribution in [3.63, 3.8) is 0 Å². The molecule has 0 saturated carbocycles. The highest BCUT2D eigenvalue weighted by atomic mass is 16.5. The predicted octanol–water partition coefficient (Wildman–Crippen LogP) is 3.84. The number of furan rings is 1. The summed E-state index contributed by atoms with van der Waals surface area (Å²) in [7, 11) is 1.62. The first-order valence-electron chi connectivity index (χ1n) is 8.01. The zero-order valence-corrected chi connectivity index (χ0v) is 13.4. The summed E-state index contributed by atoms with van der Waals surface area (Å²) in [4.78, 5) is 4.64. The summed E-state index contributed by atoms with van der Waals surface area (Å²) in [5.74, 6) is 1.26. The van der Waals surface area contributed by atoms with Crippen molar-refractivity contribution in [3.8, 4) is 23.1 Å². The number of ether oxygens (including phenoxy) is 1. The number of nitrogen functional groups attached to an aromatic ring is 1. The second-order valence-electron chi connectivity index (χ2n) is 5.98. The standard InChI is InChI=1S/C19H17N3O2/c1-23-12-8-6-11(7-9-12)18-14(10-20)16-17(21)13-4-2-3-5-15(13)22-19(16)24-18/h6-9H,2-5H2,1H3,(H2,21,22). The van der Waals surface area contributed by atoms with E-state index < -0.39 is 0 Å². The van der Waals surface area contributed by atoms with Gasteiger partial charge in [-0.1, -0.05) is 0 Å². The number of hydrogen-bond donors (Lipinski definition) is 1. The Morgan fingerprint density at radius 2 is 1.96 bits per heavy atom. The molecule has 0 radical (unpaired) electrons. The van der Waals surface area contributed by atoms with E-state index >= 15 is 0 Å². The molecule has 4 rings (SSSR count). The van der Waals surface area contributed by atoms with Crippen molar-refractivity contribution in [2.24, 2.45) is 0 Å². The molecule has 3 aromatic rings. The number of nitriles is 1. The van der Waals surface area contributed by atoms with Crippen molar-refractivity contribution in [1.82, 2.24) is 4.98 Å². The van der Waals surface area contributed by atoms with Crippen LogP contribution in [0.2, 0.25) is 0 Å². The van der Waals surface area contributed by atoms with E-state index in [1.54, 1.807) is 7.11 Å². The largest absolute Gasteiger partial charge is 0.497 e. The Kier molecular flexibility index (Phi) is 3.39. The number of aromatic nitrogens is 1. The van der Waals surface area contributed by atoms with E-state index in [1.807, 2.05) is 24.3 Å². The van der Waals surface area contributed by atoms with Crippen LogP contribution >= 0.6 is 0 Å². The SMILES string of the molecule is COc1ccc(-c2oc3nc4c(c(N)c3c2C#N)CCCC4)cc1. The molecule has 2 N–H and O–H groups in total. The lowest BCUT2D eigenvalue weighted by atomic mass is 9.93. The van der Waals surface area contributed by atoms with Gasteiger partial charge in [-0.05, 0) is 55.5 Å². The van der Waals surface area contributed by atoms with Crippen LogP contribution in [0.15, 0.2) is 28.7 Å². The third-order valence-electron chi connectivity index (χ3n) is 4.62. The number of hydrogen-bond acceptors (Lipinski definition) is 5. The zero-order valence-electron chi connectivity index (χ0n) is 13.4. The first-order valence-corrected chi connectivity index (χ1v) is 8.01. The van der Waals surface area contributed by atoms with Crippen LogP contribution in [0.5, 0.6) is 5.75 Å². The molecule has 0 bridgehead atoms. The summed E-state index contributed by atoms with van der Waals surface area (Å²) < 4.78 is 11.1. The van der Waals surface area contributed by atoms with E-state index in [-0.39, 0.29) is 0 Å². The minimum Gasteiger partial charge on any atom is -0.497 e. The van der Waals surface area contributed by atoms with E-state index in [0.29, 0.717) is 28.1 Å². The summed E-state index contributed by atoms with van der Waals surface area (Å²) in [5.41, 5.74) is 10.8. The maximum Gasteiger partial charge on any atom is 0.230 e. The maximum absolute atomic E-state index is 9.68. The number of methoxy groups -OCH3 is 1. The summed E-state index contributed by atoms with van der Waals surface area (Å²) in [5, 5.41) is 10.3. The number of rotatable bonds is 2. The van der Waals surface area contributed by atoms with Gasteiger partial charge < -0.3 is 14.9 Å². The fourth-order valence-corrected chi connectivity index (χ4v) is 3.38. The van der Waals surface area contributed by atoms with Gasteiger partial charge in [0.2, 0.25) is 5.71 Å². The molecule has 5 heteroatoms. The maximum atomic E-state index is 9.68. The molecular weight excluding hydrogens is 302 g/mol. The molecule has 0 fully saturated rings. The van der Waals surface area contributed by atoms with Gasteiger partial charge in [0.05, 0.1) is 18.2 Å². The molecule has 1 aliphatic rings. The van der Waals surface area contributed by atoms with Gasteiger partial charge in [0.1, 0.15) is 17.4 Å². The second-order valence-corrected chi connectivity index (χ2v) is 5.98. The number of nitrogens with zero attached hydrogens (tertiary/aromatic N) is 2. The first kappa shape index (κ1) is 14.6. The molecule has 120 valence electrons. The van der Waals surface area contributed by atoms with Gasteiger partial charge in [0, 0.05) is 11.3 Å². The van der Waals surface area contributed by atoms with E-state index in [0.717, 1.165) is 48.3 Å². The smallest absolute Gasteiger partial charge is 0.230 e. The molecule has 0 saturated heterocycles. The number of anilines is 1. The number of benzene rings is 1. The number of pyridine rings is 1. The molecule has 0 spiro atoms. The minimum absolute atomic E-state index is 0.452. The lowest BCUT2D eigenvalue weighted by Crippen LogP contribution is -2.09. The van der Waals surface area contributed by atoms with Crippen molar-refractivity contribution in [2.75, 3.05) is 12.8 Å². The molecule has 1 aromatic carbocycles. The Hall–Kier alpha value is -3.00. The summed E-state index contributed by atoms with van der Waals surface area (Å²) in [6, 6.07) is 9.66. The van der Waals surface area contributed by atoms with E-state index in [1.165, 1.54) is 0 Å². The average Bonchev–Trinajstić information content (AvgIpc) is 3.00. The van der Waals surface area contributed by atoms with Crippen LogP contribution < -0.4 is 10.5 Å². The topological polar surface area (TPSA) is 85.1 Å². The predicted molar refractivity (Wildman–Crippen MR) is 91.8 cm³/mol. The van der Waals surface area contributed by atoms with Crippen molar-refractivity contribution in [1.29, 1.82) is 5.26 Å². The molecule has 0 unspecified atom stereocenters. The van der Waals surface area contributed by atoms with E-state index in [9.17, 15) is 5.26 Å². The Morgan fingerprint density at radius 3 is 2.67 bits per heavy atom. The minimum atomic E-state index is 0.452. The molecule has 2 aromatic heterocycles. The molecule has 5 nitrogen and oxygen atoms in total. The number of nitrogens with two attached hydrogens (primary N) is 1. The number of aryl methyl sites for hydroxylation is 1. The normalized spacial score (nSPS) is 13.5. The van der Waals surface area contributed by atoms with E-state index in [2.05, 4.69) is 11.1 Å². The molecular formula is C19H17N3O2. The molecule has 1 aliphatic carbocycles. The molecule has 24 heavy (non-hydrogen) atoms. The molecule has 0 atom stereocenters. The molecule has 0 aliphatic heterocycles. The van der Waals surface area contributed by atoms with Gasteiger partial charge in [0.15, 0.2) is 5.76 Å². The highest BCUT2D eigenvalue weighted by molar-refractivity contribution is 5.98. The van der Waals surface area contributed by atoms with Gasteiger partial charge in [-0.15, -0.1) is 0 Å². The Bertz CT molecular complexity index is 965. The van der Waals surface area contributed by atoms with Gasteiger partial charge in [-0.2, -0.15) is 5.26 Å².